The lowest BCUT2D eigenvalue weighted by molar-refractivity contribution is 0.0912. The molecule has 1 heterocycles. The number of carbonyl (C=O) groups is 1. The number of nitrogens with zero attached hydrogens (tertiary/aromatic N) is 1. The van der Waals surface area contributed by atoms with Crippen LogP contribution in [0.4, 0.5) is 0 Å². The second kappa shape index (κ2) is 5.76. The summed E-state index contributed by atoms with van der Waals surface area (Å²) in [5.74, 6) is -0.154. The Morgan fingerprint density at radius 3 is 2.79 bits per heavy atom. The van der Waals surface area contributed by atoms with E-state index in [1.807, 2.05) is 25.3 Å². The lowest BCUT2D eigenvalue weighted by Gasteiger charge is -2.23. The molecule has 6 heteroatoms. The van der Waals surface area contributed by atoms with Crippen LogP contribution in [-0.2, 0) is 5.54 Å². The smallest absolute Gasteiger partial charge is 0.252 e. The molecule has 0 aliphatic rings. The quantitative estimate of drug-likeness (QED) is 0.781. The number of benzene rings is 1. The predicted octanol–water partition coefficient (Wildman–Crippen LogP) is 4.07. The number of rotatable bonds is 3. The summed E-state index contributed by atoms with van der Waals surface area (Å²) in [6.07, 6.45) is 1.73. The van der Waals surface area contributed by atoms with Crippen LogP contribution in [-0.4, -0.2) is 10.9 Å². The molecule has 0 aliphatic carbocycles. The van der Waals surface area contributed by atoms with E-state index in [2.05, 4.69) is 32.9 Å². The van der Waals surface area contributed by atoms with Crippen LogP contribution in [0.25, 0.3) is 0 Å². The average molecular weight is 407 g/mol. The molecular formula is C13H12ClIN2OS. The monoisotopic (exact) mass is 406 g/mol. The predicted molar refractivity (Wildman–Crippen MR) is 86.8 cm³/mol. The second-order valence-electron chi connectivity index (χ2n) is 4.55. The van der Waals surface area contributed by atoms with Gasteiger partial charge >= 0.3 is 0 Å². The summed E-state index contributed by atoms with van der Waals surface area (Å²) in [4.78, 5) is 16.5. The van der Waals surface area contributed by atoms with Crippen LogP contribution in [0.2, 0.25) is 5.02 Å². The highest BCUT2D eigenvalue weighted by Gasteiger charge is 2.26. The summed E-state index contributed by atoms with van der Waals surface area (Å²) in [6, 6.07) is 5.27. The minimum Gasteiger partial charge on any atom is -0.341 e. The van der Waals surface area contributed by atoms with Gasteiger partial charge in [0.25, 0.3) is 5.91 Å². The lowest BCUT2D eigenvalue weighted by atomic mass is 10.1. The molecule has 1 N–H and O–H groups in total. The Hall–Kier alpha value is -0.660. The van der Waals surface area contributed by atoms with E-state index in [1.54, 1.807) is 18.3 Å². The van der Waals surface area contributed by atoms with Crippen molar-refractivity contribution in [2.24, 2.45) is 0 Å². The third-order valence-corrected chi connectivity index (χ3v) is 5.24. The third-order valence-electron chi connectivity index (χ3n) is 2.57. The van der Waals surface area contributed by atoms with Gasteiger partial charge in [-0.05, 0) is 54.6 Å². The normalized spacial score (nSPS) is 11.4. The number of aromatic nitrogens is 1. The molecule has 0 saturated heterocycles. The molecule has 0 spiro atoms. The van der Waals surface area contributed by atoms with E-state index in [9.17, 15) is 4.79 Å². The molecule has 0 bridgehead atoms. The van der Waals surface area contributed by atoms with E-state index in [0.29, 0.717) is 10.6 Å². The molecule has 2 aromatic rings. The van der Waals surface area contributed by atoms with Crippen molar-refractivity contribution in [3.05, 3.63) is 48.9 Å². The topological polar surface area (TPSA) is 42.0 Å². The maximum atomic E-state index is 12.2. The second-order valence-corrected chi connectivity index (χ2v) is 7.01. The van der Waals surface area contributed by atoms with Gasteiger partial charge in [-0.1, -0.05) is 11.6 Å². The first-order valence-electron chi connectivity index (χ1n) is 5.58. The largest absolute Gasteiger partial charge is 0.341 e. The van der Waals surface area contributed by atoms with Gasteiger partial charge in [-0.3, -0.25) is 4.79 Å². The minimum atomic E-state index is -0.499. The van der Waals surface area contributed by atoms with E-state index in [0.717, 1.165) is 8.58 Å². The number of halogens is 2. The van der Waals surface area contributed by atoms with Crippen molar-refractivity contribution >= 4 is 51.4 Å². The average Bonchev–Trinajstić information content (AvgIpc) is 2.86. The van der Waals surface area contributed by atoms with E-state index in [4.69, 9.17) is 11.6 Å². The number of thiazole rings is 1. The Morgan fingerprint density at radius 1 is 1.47 bits per heavy atom. The Morgan fingerprint density at radius 2 is 2.21 bits per heavy atom. The van der Waals surface area contributed by atoms with Crippen molar-refractivity contribution in [3.63, 3.8) is 0 Å². The van der Waals surface area contributed by atoms with Crippen molar-refractivity contribution in [1.29, 1.82) is 0 Å². The van der Waals surface area contributed by atoms with Crippen LogP contribution in [0.5, 0.6) is 0 Å². The van der Waals surface area contributed by atoms with Gasteiger partial charge in [0, 0.05) is 20.7 Å². The summed E-state index contributed by atoms with van der Waals surface area (Å²) >= 11 is 9.68. The third kappa shape index (κ3) is 3.46. The molecule has 3 nitrogen and oxygen atoms in total. The maximum Gasteiger partial charge on any atom is 0.252 e. The van der Waals surface area contributed by atoms with Gasteiger partial charge in [0.05, 0.1) is 10.6 Å². The first-order valence-corrected chi connectivity index (χ1v) is 7.91. The summed E-state index contributed by atoms with van der Waals surface area (Å²) in [7, 11) is 0. The Bertz CT molecular complexity index is 599. The van der Waals surface area contributed by atoms with E-state index in [1.165, 1.54) is 11.3 Å². The molecule has 1 aromatic carbocycles. The molecule has 1 aromatic heterocycles. The van der Waals surface area contributed by atoms with Crippen LogP contribution in [0.1, 0.15) is 29.2 Å². The van der Waals surface area contributed by atoms with Gasteiger partial charge in [0.1, 0.15) is 5.01 Å². The zero-order chi connectivity index (χ0) is 14.0. The fourth-order valence-corrected chi connectivity index (χ4v) is 2.81. The van der Waals surface area contributed by atoms with Crippen LogP contribution in [0.15, 0.2) is 29.8 Å². The van der Waals surface area contributed by atoms with E-state index < -0.39 is 5.54 Å². The van der Waals surface area contributed by atoms with Gasteiger partial charge in [0.15, 0.2) is 0 Å². The highest BCUT2D eigenvalue weighted by atomic mass is 127. The van der Waals surface area contributed by atoms with Crippen molar-refractivity contribution in [1.82, 2.24) is 10.3 Å². The molecule has 1 amide bonds. The first-order chi connectivity index (χ1) is 8.90. The number of hydrogen-bond donors (Lipinski definition) is 1. The molecule has 2 rings (SSSR count). The standard InChI is InChI=1S/C13H12ClIN2OS/c1-13(2,12-16-5-6-19-12)17-11(18)8-3-4-10(15)9(14)7-8/h3-7H,1-2H3,(H,17,18). The van der Waals surface area contributed by atoms with Gasteiger partial charge in [-0.15, -0.1) is 11.3 Å². The van der Waals surface area contributed by atoms with Crippen LogP contribution in [0, 0.1) is 3.57 Å². The summed E-state index contributed by atoms with van der Waals surface area (Å²) in [5, 5.41) is 6.32. The molecule has 0 saturated carbocycles. The zero-order valence-electron chi connectivity index (χ0n) is 10.4. The Kier molecular flexibility index (Phi) is 4.47. The fourth-order valence-electron chi connectivity index (χ4n) is 1.58. The Balaban J connectivity index is 2.19. The van der Waals surface area contributed by atoms with Crippen LogP contribution < -0.4 is 5.32 Å². The molecular weight excluding hydrogens is 395 g/mol. The summed E-state index contributed by atoms with van der Waals surface area (Å²) < 4.78 is 0.926. The molecule has 19 heavy (non-hydrogen) atoms. The van der Waals surface area contributed by atoms with Crippen molar-refractivity contribution in [3.8, 4) is 0 Å². The molecule has 0 fully saturated rings. The highest BCUT2D eigenvalue weighted by Crippen LogP contribution is 2.24. The Labute approximate surface area is 134 Å². The number of nitrogens with one attached hydrogen (secondary N) is 1. The molecule has 0 radical (unpaired) electrons. The lowest BCUT2D eigenvalue weighted by Crippen LogP contribution is -2.40. The van der Waals surface area contributed by atoms with Crippen LogP contribution >= 0.6 is 45.5 Å². The number of amides is 1. The highest BCUT2D eigenvalue weighted by molar-refractivity contribution is 14.1. The van der Waals surface area contributed by atoms with Crippen molar-refractivity contribution in [2.45, 2.75) is 19.4 Å². The van der Waals surface area contributed by atoms with Crippen molar-refractivity contribution in [2.75, 3.05) is 0 Å². The molecule has 100 valence electrons. The minimum absolute atomic E-state index is 0.154. The zero-order valence-corrected chi connectivity index (χ0v) is 14.1. The van der Waals surface area contributed by atoms with Gasteiger partial charge in [-0.2, -0.15) is 0 Å². The number of carbonyl (C=O) groups excluding carboxylic acids is 1. The summed E-state index contributed by atoms with van der Waals surface area (Å²) in [5.41, 5.74) is 0.0517. The molecule has 0 unspecified atom stereocenters. The first kappa shape index (κ1) is 14.7. The van der Waals surface area contributed by atoms with Gasteiger partial charge in [-0.25, -0.2) is 4.98 Å². The van der Waals surface area contributed by atoms with Crippen LogP contribution in [0.3, 0.4) is 0 Å². The van der Waals surface area contributed by atoms with Gasteiger partial charge in [0.2, 0.25) is 0 Å². The van der Waals surface area contributed by atoms with Gasteiger partial charge < -0.3 is 5.32 Å². The fraction of sp³-hybridized carbons (Fsp3) is 0.231. The molecule has 0 aliphatic heterocycles. The summed E-state index contributed by atoms with van der Waals surface area (Å²) in [6.45, 7) is 3.86. The molecule has 0 atom stereocenters. The van der Waals surface area contributed by atoms with Crippen molar-refractivity contribution < 1.29 is 4.79 Å². The van der Waals surface area contributed by atoms with E-state index in [-0.39, 0.29) is 5.91 Å². The maximum absolute atomic E-state index is 12.2. The SMILES string of the molecule is CC(C)(NC(=O)c1ccc(I)c(Cl)c1)c1nccs1. The number of hydrogen-bond acceptors (Lipinski definition) is 3. The van der Waals surface area contributed by atoms with E-state index >= 15 is 0 Å².